The first-order chi connectivity index (χ1) is 16.5. The fraction of sp³-hybridized carbons (Fsp3) is 0.370. The van der Waals surface area contributed by atoms with E-state index in [1.165, 1.54) is 4.88 Å². The smallest absolute Gasteiger partial charge is 0.317 e. The highest BCUT2D eigenvalue weighted by Crippen LogP contribution is 2.30. The molecule has 0 radical (unpaired) electrons. The Morgan fingerprint density at radius 2 is 1.85 bits per heavy atom. The van der Waals surface area contributed by atoms with Gasteiger partial charge in [-0.05, 0) is 62.3 Å². The Hall–Kier alpha value is -3.19. The van der Waals surface area contributed by atoms with Crippen molar-refractivity contribution in [3.05, 3.63) is 87.4 Å². The van der Waals surface area contributed by atoms with Crippen LogP contribution in [0.5, 0.6) is 0 Å². The number of carbonyl (C=O) groups is 2. The predicted molar refractivity (Wildman–Crippen MR) is 136 cm³/mol. The Morgan fingerprint density at radius 1 is 1.09 bits per heavy atom. The lowest BCUT2D eigenvalue weighted by Crippen LogP contribution is -2.45. The highest BCUT2D eigenvalue weighted by atomic mass is 32.1. The zero-order valence-corrected chi connectivity index (χ0v) is 20.6. The van der Waals surface area contributed by atoms with E-state index in [2.05, 4.69) is 16.7 Å². The molecule has 1 aliphatic rings. The number of amides is 3. The molecule has 1 unspecified atom stereocenters. The Balaban J connectivity index is 1.34. The molecule has 1 atom stereocenters. The number of pyridine rings is 1. The lowest BCUT2D eigenvalue weighted by atomic mass is 9.90. The van der Waals surface area contributed by atoms with Crippen molar-refractivity contribution in [2.24, 2.45) is 0 Å². The van der Waals surface area contributed by atoms with Crippen molar-refractivity contribution in [3.8, 4) is 0 Å². The quantitative estimate of drug-likeness (QED) is 0.500. The minimum Gasteiger partial charge on any atom is -0.352 e. The molecule has 6 nitrogen and oxygen atoms in total. The largest absolute Gasteiger partial charge is 0.352 e. The summed E-state index contributed by atoms with van der Waals surface area (Å²) in [6, 6.07) is 17.8. The van der Waals surface area contributed by atoms with Gasteiger partial charge in [-0.3, -0.25) is 9.78 Å². The first-order valence-corrected chi connectivity index (χ1v) is 12.8. The van der Waals surface area contributed by atoms with E-state index in [4.69, 9.17) is 4.98 Å². The zero-order chi connectivity index (χ0) is 23.9. The predicted octanol–water partition coefficient (Wildman–Crippen LogP) is 5.07. The van der Waals surface area contributed by atoms with E-state index >= 15 is 0 Å². The molecule has 1 aliphatic heterocycles. The fourth-order valence-corrected chi connectivity index (χ4v) is 5.10. The van der Waals surface area contributed by atoms with Crippen LogP contribution in [0.4, 0.5) is 4.79 Å². The zero-order valence-electron chi connectivity index (χ0n) is 19.8. The fourth-order valence-electron chi connectivity index (χ4n) is 4.39. The van der Waals surface area contributed by atoms with Crippen LogP contribution in [0.15, 0.2) is 60.0 Å². The van der Waals surface area contributed by atoms with Gasteiger partial charge >= 0.3 is 6.03 Å². The molecular formula is C27H32N4O2S. The number of rotatable bonds is 7. The molecule has 0 spiro atoms. The van der Waals surface area contributed by atoms with E-state index in [1.54, 1.807) is 11.3 Å². The number of piperidine rings is 1. The van der Waals surface area contributed by atoms with Crippen LogP contribution in [0, 0.1) is 6.92 Å². The summed E-state index contributed by atoms with van der Waals surface area (Å²) < 4.78 is 0. The van der Waals surface area contributed by atoms with Crippen molar-refractivity contribution < 1.29 is 9.59 Å². The second-order valence-electron chi connectivity index (χ2n) is 8.81. The van der Waals surface area contributed by atoms with Gasteiger partial charge < -0.3 is 15.5 Å². The lowest BCUT2D eigenvalue weighted by molar-refractivity contribution is 0.0951. The topological polar surface area (TPSA) is 74.3 Å². The summed E-state index contributed by atoms with van der Waals surface area (Å²) in [7, 11) is 0. The third kappa shape index (κ3) is 6.03. The summed E-state index contributed by atoms with van der Waals surface area (Å²) in [5.41, 5.74) is 3.50. The normalized spacial score (nSPS) is 15.1. The second-order valence-corrected chi connectivity index (χ2v) is 9.85. The summed E-state index contributed by atoms with van der Waals surface area (Å²) in [5, 5.41) is 8.21. The highest BCUT2D eigenvalue weighted by molar-refractivity contribution is 7.09. The Labute approximate surface area is 205 Å². The molecule has 4 rings (SSSR count). The van der Waals surface area contributed by atoms with Crippen molar-refractivity contribution in [2.75, 3.05) is 19.6 Å². The first kappa shape index (κ1) is 24.0. The summed E-state index contributed by atoms with van der Waals surface area (Å²) >= 11 is 1.70. The SMILES string of the molecule is Cc1ccc(C(=O)NCCc2cccs2)c(C2CCN(C(=O)NC(C)c3ccccc3)CC2)n1. The molecule has 2 N–H and O–H groups in total. The molecule has 2 aromatic heterocycles. The molecule has 34 heavy (non-hydrogen) atoms. The maximum atomic E-state index is 13.0. The Morgan fingerprint density at radius 3 is 2.56 bits per heavy atom. The molecule has 1 fully saturated rings. The molecule has 3 amide bonds. The first-order valence-electron chi connectivity index (χ1n) is 11.9. The molecule has 0 bridgehead atoms. The number of aryl methyl sites for hydroxylation is 1. The van der Waals surface area contributed by atoms with E-state index < -0.39 is 0 Å². The van der Waals surface area contributed by atoms with Crippen molar-refractivity contribution in [1.82, 2.24) is 20.5 Å². The lowest BCUT2D eigenvalue weighted by Gasteiger charge is -2.33. The Bertz CT molecular complexity index is 1090. The summed E-state index contributed by atoms with van der Waals surface area (Å²) in [5.74, 6) is 0.0875. The Kier molecular flexibility index (Phi) is 7.95. The summed E-state index contributed by atoms with van der Waals surface area (Å²) in [4.78, 5) is 33.6. The molecule has 178 valence electrons. The van der Waals surface area contributed by atoms with E-state index in [-0.39, 0.29) is 23.9 Å². The molecule has 0 saturated carbocycles. The maximum Gasteiger partial charge on any atom is 0.317 e. The van der Waals surface area contributed by atoms with E-state index in [9.17, 15) is 9.59 Å². The number of thiophene rings is 1. The number of nitrogens with zero attached hydrogens (tertiary/aromatic N) is 2. The standard InChI is InChI=1S/C27H32N4O2S/c1-19-10-11-24(26(32)28-15-12-23-9-6-18-34-23)25(29-19)22-13-16-31(17-14-22)27(33)30-20(2)21-7-4-3-5-8-21/h3-11,18,20,22H,12-17H2,1-2H3,(H,28,32)(H,30,33). The number of hydrogen-bond acceptors (Lipinski definition) is 4. The number of hydrogen-bond donors (Lipinski definition) is 2. The van der Waals surface area contributed by atoms with Crippen LogP contribution in [0.2, 0.25) is 0 Å². The van der Waals surface area contributed by atoms with Crippen LogP contribution in [-0.4, -0.2) is 41.5 Å². The van der Waals surface area contributed by atoms with Crippen LogP contribution >= 0.6 is 11.3 Å². The molecule has 7 heteroatoms. The second kappa shape index (κ2) is 11.3. The molecule has 0 aliphatic carbocycles. The van der Waals surface area contributed by atoms with Gasteiger partial charge in [-0.2, -0.15) is 0 Å². The summed E-state index contributed by atoms with van der Waals surface area (Å²) in [6.07, 6.45) is 2.41. The van der Waals surface area contributed by atoms with E-state index in [0.29, 0.717) is 25.2 Å². The van der Waals surface area contributed by atoms with Crippen molar-refractivity contribution in [2.45, 2.75) is 45.1 Å². The van der Waals surface area contributed by atoms with Gasteiger partial charge in [0.15, 0.2) is 0 Å². The molecule has 3 aromatic rings. The number of carbonyl (C=O) groups excluding carboxylic acids is 2. The number of nitrogens with one attached hydrogen (secondary N) is 2. The third-order valence-electron chi connectivity index (χ3n) is 6.35. The number of benzene rings is 1. The average Bonchev–Trinajstić information content (AvgIpc) is 3.38. The van der Waals surface area contributed by atoms with Gasteiger partial charge in [0.05, 0.1) is 17.3 Å². The van der Waals surface area contributed by atoms with E-state index in [1.807, 2.05) is 72.7 Å². The number of likely N-dealkylation sites (tertiary alicyclic amines) is 1. The maximum absolute atomic E-state index is 13.0. The molecular weight excluding hydrogens is 444 g/mol. The van der Waals surface area contributed by atoms with Gasteiger partial charge in [-0.1, -0.05) is 36.4 Å². The molecule has 3 heterocycles. The average molecular weight is 477 g/mol. The van der Waals surface area contributed by atoms with Gasteiger partial charge in [0.1, 0.15) is 0 Å². The van der Waals surface area contributed by atoms with Gasteiger partial charge in [-0.15, -0.1) is 11.3 Å². The van der Waals surface area contributed by atoms with Crippen LogP contribution in [0.25, 0.3) is 0 Å². The van der Waals surface area contributed by atoms with Gasteiger partial charge in [0.2, 0.25) is 0 Å². The van der Waals surface area contributed by atoms with Crippen LogP contribution in [-0.2, 0) is 6.42 Å². The number of aromatic nitrogens is 1. The third-order valence-corrected chi connectivity index (χ3v) is 7.29. The highest BCUT2D eigenvalue weighted by Gasteiger charge is 2.28. The molecule has 1 aromatic carbocycles. The van der Waals surface area contributed by atoms with Crippen LogP contribution < -0.4 is 10.6 Å². The van der Waals surface area contributed by atoms with E-state index in [0.717, 1.165) is 36.2 Å². The van der Waals surface area contributed by atoms with Crippen molar-refractivity contribution in [3.63, 3.8) is 0 Å². The minimum atomic E-state index is -0.0732. The minimum absolute atomic E-state index is 0.0430. The van der Waals surface area contributed by atoms with Crippen molar-refractivity contribution in [1.29, 1.82) is 0 Å². The number of urea groups is 1. The van der Waals surface area contributed by atoms with Crippen molar-refractivity contribution >= 4 is 23.3 Å². The monoisotopic (exact) mass is 476 g/mol. The van der Waals surface area contributed by atoms with Gasteiger partial charge in [0.25, 0.3) is 5.91 Å². The van der Waals surface area contributed by atoms with Crippen LogP contribution in [0.1, 0.15) is 63.9 Å². The summed E-state index contributed by atoms with van der Waals surface area (Å²) in [6.45, 7) is 5.85. The van der Waals surface area contributed by atoms with Crippen LogP contribution in [0.3, 0.4) is 0 Å². The molecule has 1 saturated heterocycles. The van der Waals surface area contributed by atoms with Gasteiger partial charge in [0, 0.05) is 36.1 Å². The van der Waals surface area contributed by atoms with Gasteiger partial charge in [-0.25, -0.2) is 4.79 Å².